The van der Waals surface area contributed by atoms with Crippen molar-refractivity contribution in [3.8, 4) is 0 Å². The van der Waals surface area contributed by atoms with E-state index in [0.717, 1.165) is 5.69 Å². The van der Waals surface area contributed by atoms with Gasteiger partial charge in [0.05, 0.1) is 18.9 Å². The Kier molecular flexibility index (Phi) is 6.24. The summed E-state index contributed by atoms with van der Waals surface area (Å²) in [6.45, 7) is 7.61. The number of rotatable bonds is 7. The Labute approximate surface area is 111 Å². The van der Waals surface area contributed by atoms with Gasteiger partial charge in [-0.25, -0.2) is 9.78 Å². The van der Waals surface area contributed by atoms with Gasteiger partial charge in [-0.1, -0.05) is 0 Å². The molecule has 0 aliphatic rings. The van der Waals surface area contributed by atoms with Gasteiger partial charge in [-0.2, -0.15) is 0 Å². The summed E-state index contributed by atoms with van der Waals surface area (Å²) < 4.78 is 4.90. The number of hydrogen-bond acceptors (Lipinski definition) is 6. The standard InChI is InChI=1S/C12H20N2O3S/c1-4-17-12(16)11-13-10(8-18-11)7-14(5-6-15)9(2)3/h8-9,15H,4-7H2,1-3H3. The molecule has 0 atom stereocenters. The maximum Gasteiger partial charge on any atom is 0.367 e. The van der Waals surface area contributed by atoms with Crippen LogP contribution in [0.15, 0.2) is 5.38 Å². The molecule has 18 heavy (non-hydrogen) atoms. The molecule has 5 nitrogen and oxygen atoms in total. The Morgan fingerprint density at radius 2 is 2.33 bits per heavy atom. The third-order valence-corrected chi connectivity index (χ3v) is 3.36. The highest BCUT2D eigenvalue weighted by Crippen LogP contribution is 2.14. The van der Waals surface area contributed by atoms with Crippen molar-refractivity contribution in [2.24, 2.45) is 0 Å². The Bertz CT molecular complexity index is 379. The average molecular weight is 272 g/mol. The predicted molar refractivity (Wildman–Crippen MR) is 70.7 cm³/mol. The lowest BCUT2D eigenvalue weighted by Gasteiger charge is -2.24. The van der Waals surface area contributed by atoms with Gasteiger partial charge in [0.25, 0.3) is 0 Å². The van der Waals surface area contributed by atoms with E-state index in [0.29, 0.717) is 30.7 Å². The summed E-state index contributed by atoms with van der Waals surface area (Å²) in [5.41, 5.74) is 0.838. The van der Waals surface area contributed by atoms with Gasteiger partial charge in [0.15, 0.2) is 0 Å². The quantitative estimate of drug-likeness (QED) is 0.763. The van der Waals surface area contributed by atoms with Crippen molar-refractivity contribution in [1.82, 2.24) is 9.88 Å². The first-order valence-corrected chi connectivity index (χ1v) is 6.92. The summed E-state index contributed by atoms with van der Waals surface area (Å²) in [4.78, 5) is 17.8. The van der Waals surface area contributed by atoms with Crippen LogP contribution < -0.4 is 0 Å². The second kappa shape index (κ2) is 7.45. The molecule has 0 spiro atoms. The first kappa shape index (κ1) is 15.1. The summed E-state index contributed by atoms with van der Waals surface area (Å²) in [6, 6.07) is 0.324. The normalized spacial score (nSPS) is 11.2. The van der Waals surface area contributed by atoms with E-state index in [-0.39, 0.29) is 12.6 Å². The molecule has 0 radical (unpaired) electrons. The summed E-state index contributed by atoms with van der Waals surface area (Å²) in [6.07, 6.45) is 0. The first-order valence-electron chi connectivity index (χ1n) is 6.04. The molecule has 0 amide bonds. The van der Waals surface area contributed by atoms with Crippen molar-refractivity contribution >= 4 is 17.3 Å². The third-order valence-electron chi connectivity index (χ3n) is 2.48. The number of hydrogen-bond donors (Lipinski definition) is 1. The highest BCUT2D eigenvalue weighted by atomic mass is 32.1. The molecule has 0 aliphatic heterocycles. The molecule has 0 fully saturated rings. The molecule has 0 aliphatic carbocycles. The summed E-state index contributed by atoms with van der Waals surface area (Å²) in [5.74, 6) is -0.369. The number of aliphatic hydroxyl groups is 1. The number of carbonyl (C=O) groups excluding carboxylic acids is 1. The number of aliphatic hydroxyl groups excluding tert-OH is 1. The Morgan fingerprint density at radius 3 is 2.89 bits per heavy atom. The second-order valence-corrected chi connectivity index (χ2v) is 5.01. The fraction of sp³-hybridized carbons (Fsp3) is 0.667. The van der Waals surface area contributed by atoms with Gasteiger partial charge in [0.2, 0.25) is 5.01 Å². The van der Waals surface area contributed by atoms with Gasteiger partial charge in [-0.15, -0.1) is 11.3 Å². The molecule has 0 unspecified atom stereocenters. The molecule has 6 heteroatoms. The zero-order valence-electron chi connectivity index (χ0n) is 11.0. The zero-order valence-corrected chi connectivity index (χ0v) is 11.9. The lowest BCUT2D eigenvalue weighted by molar-refractivity contribution is 0.0525. The number of esters is 1. The minimum atomic E-state index is -0.369. The minimum Gasteiger partial charge on any atom is -0.461 e. The van der Waals surface area contributed by atoms with Crippen molar-refractivity contribution in [1.29, 1.82) is 0 Å². The molecule has 1 aromatic rings. The van der Waals surface area contributed by atoms with E-state index >= 15 is 0 Å². The van der Waals surface area contributed by atoms with E-state index in [2.05, 4.69) is 23.7 Å². The van der Waals surface area contributed by atoms with Crippen molar-refractivity contribution < 1.29 is 14.6 Å². The van der Waals surface area contributed by atoms with Crippen LogP contribution in [0.1, 0.15) is 36.3 Å². The number of nitrogens with zero attached hydrogens (tertiary/aromatic N) is 2. The Balaban J connectivity index is 2.64. The number of thiazole rings is 1. The smallest absolute Gasteiger partial charge is 0.367 e. The molecular formula is C12H20N2O3S. The lowest BCUT2D eigenvalue weighted by atomic mass is 10.3. The molecule has 0 saturated carbocycles. The van der Waals surface area contributed by atoms with Crippen molar-refractivity contribution in [2.75, 3.05) is 19.8 Å². The summed E-state index contributed by atoms with van der Waals surface area (Å²) in [5, 5.41) is 11.2. The first-order chi connectivity index (χ1) is 8.58. The summed E-state index contributed by atoms with van der Waals surface area (Å²) in [7, 11) is 0. The van der Waals surface area contributed by atoms with E-state index in [9.17, 15) is 4.79 Å². The van der Waals surface area contributed by atoms with Crippen LogP contribution in [-0.4, -0.2) is 46.8 Å². The van der Waals surface area contributed by atoms with E-state index < -0.39 is 0 Å². The molecule has 1 rings (SSSR count). The Morgan fingerprint density at radius 1 is 1.61 bits per heavy atom. The van der Waals surface area contributed by atoms with Crippen molar-refractivity contribution in [2.45, 2.75) is 33.4 Å². The molecule has 0 aromatic carbocycles. The van der Waals surface area contributed by atoms with Crippen LogP contribution >= 0.6 is 11.3 Å². The van der Waals surface area contributed by atoms with E-state index in [1.54, 1.807) is 6.92 Å². The van der Waals surface area contributed by atoms with Gasteiger partial charge in [-0.05, 0) is 20.8 Å². The third kappa shape index (κ3) is 4.36. The van der Waals surface area contributed by atoms with Gasteiger partial charge in [-0.3, -0.25) is 4.90 Å². The summed E-state index contributed by atoms with van der Waals surface area (Å²) >= 11 is 1.29. The predicted octanol–water partition coefficient (Wildman–Crippen LogP) is 1.52. The van der Waals surface area contributed by atoms with Crippen LogP contribution in [0.4, 0.5) is 0 Å². The fourth-order valence-corrected chi connectivity index (χ4v) is 2.22. The molecule has 0 saturated heterocycles. The lowest BCUT2D eigenvalue weighted by Crippen LogP contribution is -2.33. The SMILES string of the molecule is CCOC(=O)c1nc(CN(CCO)C(C)C)cs1. The number of aromatic nitrogens is 1. The fourth-order valence-electron chi connectivity index (χ4n) is 1.52. The zero-order chi connectivity index (χ0) is 13.5. The highest BCUT2D eigenvalue weighted by molar-refractivity contribution is 7.11. The van der Waals surface area contributed by atoms with Crippen molar-refractivity contribution in [3.05, 3.63) is 16.1 Å². The topological polar surface area (TPSA) is 62.7 Å². The van der Waals surface area contributed by atoms with Crippen LogP contribution in [0.3, 0.4) is 0 Å². The van der Waals surface area contributed by atoms with Crippen LogP contribution in [0.5, 0.6) is 0 Å². The van der Waals surface area contributed by atoms with Crippen molar-refractivity contribution in [3.63, 3.8) is 0 Å². The van der Waals surface area contributed by atoms with Gasteiger partial charge in [0.1, 0.15) is 0 Å². The van der Waals surface area contributed by atoms with Gasteiger partial charge >= 0.3 is 5.97 Å². The highest BCUT2D eigenvalue weighted by Gasteiger charge is 2.15. The number of carbonyl (C=O) groups is 1. The molecule has 1 N–H and O–H groups in total. The van der Waals surface area contributed by atoms with Gasteiger partial charge < -0.3 is 9.84 Å². The second-order valence-electron chi connectivity index (χ2n) is 4.15. The average Bonchev–Trinajstić information content (AvgIpc) is 2.77. The minimum absolute atomic E-state index is 0.118. The Hall–Kier alpha value is -0.980. The van der Waals surface area contributed by atoms with E-state index in [4.69, 9.17) is 9.84 Å². The van der Waals surface area contributed by atoms with Crippen LogP contribution in [0, 0.1) is 0 Å². The molecular weight excluding hydrogens is 252 g/mol. The molecule has 1 aromatic heterocycles. The molecule has 0 bridgehead atoms. The van der Waals surface area contributed by atoms with E-state index in [1.807, 2.05) is 5.38 Å². The monoisotopic (exact) mass is 272 g/mol. The van der Waals surface area contributed by atoms with Crippen LogP contribution in [-0.2, 0) is 11.3 Å². The largest absolute Gasteiger partial charge is 0.461 e. The maximum absolute atomic E-state index is 11.5. The molecule has 102 valence electrons. The molecule has 1 heterocycles. The van der Waals surface area contributed by atoms with Gasteiger partial charge in [0, 0.05) is 24.5 Å². The number of ether oxygens (including phenoxy) is 1. The van der Waals surface area contributed by atoms with Crippen LogP contribution in [0.25, 0.3) is 0 Å². The van der Waals surface area contributed by atoms with Crippen LogP contribution in [0.2, 0.25) is 0 Å². The van der Waals surface area contributed by atoms with E-state index in [1.165, 1.54) is 11.3 Å². The maximum atomic E-state index is 11.5.